The summed E-state index contributed by atoms with van der Waals surface area (Å²) < 4.78 is 12.3. The van der Waals surface area contributed by atoms with Gasteiger partial charge in [0.15, 0.2) is 0 Å². The van der Waals surface area contributed by atoms with Crippen LogP contribution in [0.4, 0.5) is 0 Å². The number of hydrogen-bond donors (Lipinski definition) is 0. The van der Waals surface area contributed by atoms with Crippen LogP contribution in [0.1, 0.15) is 79.1 Å². The van der Waals surface area contributed by atoms with E-state index in [0.717, 1.165) is 12.3 Å². The molecule has 2 atom stereocenters. The molecule has 0 aliphatic heterocycles. The van der Waals surface area contributed by atoms with Crippen molar-refractivity contribution in [2.45, 2.75) is 79.1 Å². The zero-order valence-corrected chi connectivity index (χ0v) is 16.4. The van der Waals surface area contributed by atoms with Crippen LogP contribution in [0.5, 0.6) is 0 Å². The van der Waals surface area contributed by atoms with E-state index in [9.17, 15) is 4.57 Å². The Bertz CT molecular complexity index is 189. The van der Waals surface area contributed by atoms with Gasteiger partial charge in [-0.25, -0.2) is 0 Å². The fraction of sp³-hybridized carbons (Fsp3) is 1.00. The molecular weight excluding hydrogens is 436 g/mol. The molecule has 0 aliphatic rings. The quantitative estimate of drug-likeness (QED) is 0.244. The Balaban J connectivity index is 0. The van der Waals surface area contributed by atoms with Gasteiger partial charge in [-0.1, -0.05) is 57.9 Å². The maximum atomic E-state index is 12.3. The third-order valence-electron chi connectivity index (χ3n) is 4.01. The average molecular weight is 470 g/mol. The van der Waals surface area contributed by atoms with Crippen molar-refractivity contribution >= 4 is 7.80 Å². The van der Waals surface area contributed by atoms with Crippen LogP contribution < -0.4 is 0 Å². The van der Waals surface area contributed by atoms with Crippen molar-refractivity contribution in [2.24, 2.45) is 11.8 Å². The van der Waals surface area contributed by atoms with Gasteiger partial charge in [-0.15, -0.1) is 0 Å². The summed E-state index contributed by atoms with van der Waals surface area (Å²) in [4.78, 5) is 0. The van der Waals surface area contributed by atoms with Crippen LogP contribution in [0.2, 0.25) is 0 Å². The average Bonchev–Trinajstić information content (AvgIpc) is 2.39. The van der Waals surface area contributed by atoms with Crippen molar-refractivity contribution in [3.63, 3.8) is 0 Å². The van der Waals surface area contributed by atoms with Gasteiger partial charge in [-0.2, -0.15) is 0 Å². The van der Waals surface area contributed by atoms with Crippen molar-refractivity contribution < 1.29 is 26.9 Å². The molecule has 0 saturated heterocycles. The van der Waals surface area contributed by atoms with E-state index < -0.39 is 7.80 Å². The van der Waals surface area contributed by atoms with Crippen LogP contribution in [-0.2, 0) is 26.9 Å². The summed E-state index contributed by atoms with van der Waals surface area (Å²) in [5, 5.41) is 0. The number of hydrogen-bond acceptors (Lipinski definition) is 1. The minimum absolute atomic E-state index is 0. The molecule has 0 aliphatic carbocycles. The summed E-state index contributed by atoms with van der Waals surface area (Å²) in [6.07, 6.45) is 12.0. The van der Waals surface area contributed by atoms with Gasteiger partial charge in [0, 0.05) is 34.2 Å². The summed E-state index contributed by atoms with van der Waals surface area (Å²) in [7, 11) is -0.954. The zero-order chi connectivity index (χ0) is 13.8. The molecule has 0 N–H and O–H groups in total. The van der Waals surface area contributed by atoms with Gasteiger partial charge in [-0.05, 0) is 25.7 Å². The fourth-order valence-corrected chi connectivity index (χ4v) is 4.67. The Kier molecular flexibility index (Phi) is 17.7. The second-order valence-electron chi connectivity index (χ2n) is 5.68. The Morgan fingerprint density at radius 3 is 1.42 bits per heavy atom. The zero-order valence-electron chi connectivity index (χ0n) is 13.4. The monoisotopic (exact) mass is 470 g/mol. The van der Waals surface area contributed by atoms with E-state index in [2.05, 4.69) is 27.7 Å². The van der Waals surface area contributed by atoms with Crippen LogP contribution in [-0.4, -0.2) is 12.3 Å². The second-order valence-corrected chi connectivity index (χ2v) is 7.37. The third-order valence-corrected chi connectivity index (χ3v) is 5.86. The standard InChI is InChI=1S/C16H34OP.Au/c1-5-9-11-15(7-3)13-18(17)14-16(8-4)12-10-6-2;/h15-16H,5-14H2,1-4H3;/q+1;. The summed E-state index contributed by atoms with van der Waals surface area (Å²) in [6.45, 7) is 8.98. The third kappa shape index (κ3) is 12.3. The maximum Gasteiger partial charge on any atom is 0.339 e. The van der Waals surface area contributed by atoms with Crippen molar-refractivity contribution in [1.82, 2.24) is 0 Å². The molecule has 0 aromatic heterocycles. The minimum atomic E-state index is -0.954. The van der Waals surface area contributed by atoms with Gasteiger partial charge in [0.1, 0.15) is 12.3 Å². The molecule has 0 aromatic rings. The van der Waals surface area contributed by atoms with E-state index in [1.54, 1.807) is 0 Å². The van der Waals surface area contributed by atoms with Gasteiger partial charge >= 0.3 is 7.80 Å². The molecule has 2 unspecified atom stereocenters. The van der Waals surface area contributed by atoms with Crippen LogP contribution >= 0.6 is 7.80 Å². The first-order valence-corrected chi connectivity index (χ1v) is 9.72. The second kappa shape index (κ2) is 15.2. The molecule has 19 heavy (non-hydrogen) atoms. The van der Waals surface area contributed by atoms with E-state index in [0.29, 0.717) is 11.8 Å². The van der Waals surface area contributed by atoms with Crippen LogP contribution in [0, 0.1) is 11.8 Å². The molecule has 0 rings (SSSR count). The molecule has 0 saturated carbocycles. The Hall–Kier alpha value is 0.840. The molecule has 3 heteroatoms. The van der Waals surface area contributed by atoms with Crippen molar-refractivity contribution in [2.75, 3.05) is 12.3 Å². The topological polar surface area (TPSA) is 17.1 Å². The molecule has 1 radical (unpaired) electrons. The number of unbranched alkanes of at least 4 members (excludes halogenated alkanes) is 2. The van der Waals surface area contributed by atoms with Crippen molar-refractivity contribution in [3.8, 4) is 0 Å². The van der Waals surface area contributed by atoms with Crippen LogP contribution in [0.25, 0.3) is 0 Å². The largest absolute Gasteiger partial charge is 0.339 e. The van der Waals surface area contributed by atoms with E-state index >= 15 is 0 Å². The van der Waals surface area contributed by atoms with Crippen molar-refractivity contribution in [3.05, 3.63) is 0 Å². The minimum Gasteiger partial charge on any atom is -0.0748 e. The predicted octanol–water partition coefficient (Wildman–Crippen LogP) is 6.24. The van der Waals surface area contributed by atoms with Gasteiger partial charge in [0.2, 0.25) is 0 Å². The van der Waals surface area contributed by atoms with Gasteiger partial charge < -0.3 is 0 Å². The fourth-order valence-electron chi connectivity index (χ4n) is 2.49. The molecule has 0 aromatic carbocycles. The predicted molar refractivity (Wildman–Crippen MR) is 84.0 cm³/mol. The van der Waals surface area contributed by atoms with Gasteiger partial charge in [0.05, 0.1) is 0 Å². The number of rotatable bonds is 12. The van der Waals surface area contributed by atoms with E-state index in [1.165, 1.54) is 51.4 Å². The molecule has 1 nitrogen and oxygen atoms in total. The Labute approximate surface area is 138 Å². The van der Waals surface area contributed by atoms with Crippen molar-refractivity contribution in [1.29, 1.82) is 0 Å². The summed E-state index contributed by atoms with van der Waals surface area (Å²) in [5.41, 5.74) is 0. The molecule has 0 spiro atoms. The van der Waals surface area contributed by atoms with Crippen LogP contribution in [0.3, 0.4) is 0 Å². The molecule has 0 amide bonds. The molecule has 0 heterocycles. The van der Waals surface area contributed by atoms with Gasteiger partial charge in [0.25, 0.3) is 0 Å². The van der Waals surface area contributed by atoms with E-state index in [4.69, 9.17) is 0 Å². The van der Waals surface area contributed by atoms with E-state index in [-0.39, 0.29) is 22.4 Å². The van der Waals surface area contributed by atoms with Crippen LogP contribution in [0.15, 0.2) is 0 Å². The summed E-state index contributed by atoms with van der Waals surface area (Å²) >= 11 is 0. The summed E-state index contributed by atoms with van der Waals surface area (Å²) in [6, 6.07) is 0. The Morgan fingerprint density at radius 2 is 1.16 bits per heavy atom. The first-order valence-electron chi connectivity index (χ1n) is 8.09. The molecule has 119 valence electrons. The summed E-state index contributed by atoms with van der Waals surface area (Å²) in [5.74, 6) is 1.41. The normalized spacial score (nSPS) is 14.6. The smallest absolute Gasteiger partial charge is 0.0748 e. The molecule has 0 bridgehead atoms. The maximum absolute atomic E-state index is 12.3. The van der Waals surface area contributed by atoms with E-state index in [1.807, 2.05) is 0 Å². The first kappa shape index (κ1) is 22.1. The first-order chi connectivity index (χ1) is 8.67. The Morgan fingerprint density at radius 1 is 0.789 bits per heavy atom. The SMILES string of the molecule is CCCCC(CC)C[P+](=O)CC(CC)CCCC.[Au]. The molecule has 0 fully saturated rings. The molecular formula is C16H34AuOP+. The van der Waals surface area contributed by atoms with Gasteiger partial charge in [-0.3, -0.25) is 0 Å².